The highest BCUT2D eigenvalue weighted by Crippen LogP contribution is 2.14. The van der Waals surface area contributed by atoms with E-state index in [4.69, 9.17) is 5.84 Å². The molecule has 0 atom stereocenters. The van der Waals surface area contributed by atoms with Crippen molar-refractivity contribution in [3.63, 3.8) is 0 Å². The van der Waals surface area contributed by atoms with Crippen LogP contribution in [-0.2, 0) is 6.54 Å². The van der Waals surface area contributed by atoms with Gasteiger partial charge in [0.1, 0.15) is 9.48 Å². The van der Waals surface area contributed by atoms with Gasteiger partial charge in [0.2, 0.25) is 5.13 Å². The molecule has 0 radical (unpaired) electrons. The third-order valence-electron chi connectivity index (χ3n) is 2.05. The van der Waals surface area contributed by atoms with E-state index in [1.807, 2.05) is 0 Å². The summed E-state index contributed by atoms with van der Waals surface area (Å²) in [4.78, 5) is 16.0. The van der Waals surface area contributed by atoms with Crippen LogP contribution in [0.1, 0.15) is 10.7 Å². The van der Waals surface area contributed by atoms with Gasteiger partial charge in [0, 0.05) is 0 Å². The Hall–Kier alpha value is -1.32. The summed E-state index contributed by atoms with van der Waals surface area (Å²) in [6.45, 7) is 2.08. The largest absolute Gasteiger partial charge is 0.298 e. The average Bonchev–Trinajstić information content (AvgIpc) is 2.78. The van der Waals surface area contributed by atoms with Crippen molar-refractivity contribution in [2.24, 2.45) is 5.84 Å². The lowest BCUT2D eigenvalue weighted by Crippen LogP contribution is -2.22. The van der Waals surface area contributed by atoms with Crippen molar-refractivity contribution in [1.82, 2.24) is 19.7 Å². The van der Waals surface area contributed by atoms with E-state index < -0.39 is 0 Å². The maximum absolute atomic E-state index is 11.9. The summed E-state index contributed by atoms with van der Waals surface area (Å²) in [7, 11) is 0. The number of aromatic nitrogens is 4. The minimum atomic E-state index is -0.144. The second-order valence-electron chi connectivity index (χ2n) is 3.22. The molecular formula is C8H9BrN6OS. The standard InChI is InChI=1S/C8H9BrN6OS/c1-4-6(9)7(16)15(3-11-4)2-5-13-14-8(12-10)17-5/h3H,2,10H2,1H3,(H,12,14). The number of nitrogen functional groups attached to an aromatic ring is 1. The molecule has 0 amide bonds. The van der Waals surface area contributed by atoms with Gasteiger partial charge in [-0.05, 0) is 22.9 Å². The van der Waals surface area contributed by atoms with Gasteiger partial charge in [-0.15, -0.1) is 10.2 Å². The summed E-state index contributed by atoms with van der Waals surface area (Å²) >= 11 is 4.49. The molecule has 2 heterocycles. The highest BCUT2D eigenvalue weighted by Gasteiger charge is 2.08. The highest BCUT2D eigenvalue weighted by atomic mass is 79.9. The monoisotopic (exact) mass is 316 g/mol. The fourth-order valence-electron chi connectivity index (χ4n) is 1.18. The molecule has 0 bridgehead atoms. The van der Waals surface area contributed by atoms with Crippen LogP contribution in [0.4, 0.5) is 5.13 Å². The van der Waals surface area contributed by atoms with E-state index in [0.717, 1.165) is 0 Å². The van der Waals surface area contributed by atoms with E-state index in [9.17, 15) is 4.79 Å². The maximum atomic E-state index is 11.9. The predicted molar refractivity (Wildman–Crippen MR) is 67.8 cm³/mol. The van der Waals surface area contributed by atoms with E-state index in [1.165, 1.54) is 22.2 Å². The van der Waals surface area contributed by atoms with Crippen molar-refractivity contribution in [3.8, 4) is 0 Å². The Kier molecular flexibility index (Phi) is 3.50. The Bertz CT molecular complexity index is 594. The zero-order valence-corrected chi connectivity index (χ0v) is 11.2. The topological polar surface area (TPSA) is 98.7 Å². The van der Waals surface area contributed by atoms with E-state index in [0.29, 0.717) is 26.9 Å². The van der Waals surface area contributed by atoms with Crippen LogP contribution in [0.2, 0.25) is 0 Å². The van der Waals surface area contributed by atoms with Crippen molar-refractivity contribution in [2.75, 3.05) is 5.43 Å². The molecule has 0 aliphatic rings. The summed E-state index contributed by atoms with van der Waals surface area (Å²) < 4.78 is 1.92. The van der Waals surface area contributed by atoms with E-state index in [-0.39, 0.29) is 5.56 Å². The Labute approximate surface area is 109 Å². The third-order valence-corrected chi connectivity index (χ3v) is 3.81. The molecule has 0 aromatic carbocycles. The van der Waals surface area contributed by atoms with Crippen LogP contribution < -0.4 is 16.8 Å². The first kappa shape index (κ1) is 12.1. The number of hydrogen-bond acceptors (Lipinski definition) is 7. The Morgan fingerprint density at radius 1 is 1.59 bits per heavy atom. The van der Waals surface area contributed by atoms with Crippen molar-refractivity contribution in [1.29, 1.82) is 0 Å². The molecule has 3 N–H and O–H groups in total. The van der Waals surface area contributed by atoms with E-state index >= 15 is 0 Å². The molecule has 90 valence electrons. The number of nitrogens with one attached hydrogen (secondary N) is 1. The fraction of sp³-hybridized carbons (Fsp3) is 0.250. The SMILES string of the molecule is Cc1ncn(Cc2nnc(NN)s2)c(=O)c1Br. The summed E-state index contributed by atoms with van der Waals surface area (Å²) in [5.74, 6) is 5.20. The smallest absolute Gasteiger partial charge is 0.268 e. The number of nitrogens with two attached hydrogens (primary N) is 1. The van der Waals surface area contributed by atoms with Gasteiger partial charge in [-0.3, -0.25) is 14.8 Å². The molecule has 0 saturated heterocycles. The number of nitrogens with zero attached hydrogens (tertiary/aromatic N) is 4. The van der Waals surface area contributed by atoms with Crippen LogP contribution in [-0.4, -0.2) is 19.7 Å². The second kappa shape index (κ2) is 4.90. The lowest BCUT2D eigenvalue weighted by atomic mass is 10.4. The molecule has 9 heteroatoms. The van der Waals surface area contributed by atoms with Gasteiger partial charge in [-0.25, -0.2) is 10.8 Å². The number of anilines is 1. The van der Waals surface area contributed by atoms with Crippen molar-refractivity contribution >= 4 is 32.4 Å². The molecule has 0 unspecified atom stereocenters. The normalized spacial score (nSPS) is 10.5. The molecule has 0 aliphatic heterocycles. The summed E-state index contributed by atoms with van der Waals surface area (Å²) in [6, 6.07) is 0. The van der Waals surface area contributed by atoms with Gasteiger partial charge in [0.15, 0.2) is 0 Å². The van der Waals surface area contributed by atoms with Crippen LogP contribution >= 0.6 is 27.3 Å². The van der Waals surface area contributed by atoms with Gasteiger partial charge in [0.25, 0.3) is 5.56 Å². The average molecular weight is 317 g/mol. The second-order valence-corrected chi connectivity index (χ2v) is 5.08. The molecule has 2 aromatic heterocycles. The summed E-state index contributed by atoms with van der Waals surface area (Å²) in [5, 5.41) is 8.87. The van der Waals surface area contributed by atoms with Gasteiger partial charge < -0.3 is 0 Å². The number of hydrogen-bond donors (Lipinski definition) is 2. The van der Waals surface area contributed by atoms with Crippen molar-refractivity contribution in [2.45, 2.75) is 13.5 Å². The summed E-state index contributed by atoms with van der Waals surface area (Å²) in [5.41, 5.74) is 2.92. The maximum Gasteiger partial charge on any atom is 0.268 e. The van der Waals surface area contributed by atoms with Crippen LogP contribution in [0.3, 0.4) is 0 Å². The van der Waals surface area contributed by atoms with Crippen LogP contribution in [0.15, 0.2) is 15.6 Å². The third kappa shape index (κ3) is 2.51. The number of halogens is 1. The fourth-order valence-corrected chi connectivity index (χ4v) is 2.16. The Morgan fingerprint density at radius 2 is 2.35 bits per heavy atom. The predicted octanol–water partition coefficient (Wildman–Crippen LogP) is 0.500. The molecule has 0 spiro atoms. The quantitative estimate of drug-likeness (QED) is 0.632. The van der Waals surface area contributed by atoms with Crippen molar-refractivity contribution < 1.29 is 0 Å². The minimum Gasteiger partial charge on any atom is -0.298 e. The first-order chi connectivity index (χ1) is 8.11. The Morgan fingerprint density at radius 3 is 3.00 bits per heavy atom. The molecule has 0 saturated carbocycles. The number of rotatable bonds is 3. The van der Waals surface area contributed by atoms with Crippen LogP contribution in [0, 0.1) is 6.92 Å². The molecular weight excluding hydrogens is 308 g/mol. The van der Waals surface area contributed by atoms with Crippen LogP contribution in [0.25, 0.3) is 0 Å². The Balaban J connectivity index is 2.30. The number of aryl methyl sites for hydroxylation is 1. The van der Waals surface area contributed by atoms with Gasteiger partial charge >= 0.3 is 0 Å². The lowest BCUT2D eigenvalue weighted by Gasteiger charge is -2.03. The number of hydrazine groups is 1. The van der Waals surface area contributed by atoms with Gasteiger partial charge in [-0.2, -0.15) is 0 Å². The highest BCUT2D eigenvalue weighted by molar-refractivity contribution is 9.10. The molecule has 0 fully saturated rings. The zero-order chi connectivity index (χ0) is 12.4. The van der Waals surface area contributed by atoms with Gasteiger partial charge in [0.05, 0.1) is 18.6 Å². The van der Waals surface area contributed by atoms with E-state index in [1.54, 1.807) is 6.92 Å². The van der Waals surface area contributed by atoms with Crippen molar-refractivity contribution in [3.05, 3.63) is 31.9 Å². The molecule has 7 nitrogen and oxygen atoms in total. The summed E-state index contributed by atoms with van der Waals surface area (Å²) in [6.07, 6.45) is 1.49. The molecule has 2 rings (SSSR count). The van der Waals surface area contributed by atoms with Crippen LogP contribution in [0.5, 0.6) is 0 Å². The van der Waals surface area contributed by atoms with Gasteiger partial charge in [-0.1, -0.05) is 11.3 Å². The first-order valence-corrected chi connectivity index (χ1v) is 6.23. The van der Waals surface area contributed by atoms with E-state index in [2.05, 4.69) is 36.5 Å². The molecule has 0 aliphatic carbocycles. The molecule has 2 aromatic rings. The zero-order valence-electron chi connectivity index (χ0n) is 8.85. The minimum absolute atomic E-state index is 0.144. The lowest BCUT2D eigenvalue weighted by molar-refractivity contribution is 0.713. The first-order valence-electron chi connectivity index (χ1n) is 4.62. The molecule has 17 heavy (non-hydrogen) atoms.